The molecule has 0 spiro atoms. The first-order valence-electron chi connectivity index (χ1n) is 7.10. The van der Waals surface area contributed by atoms with Crippen molar-refractivity contribution in [1.29, 1.82) is 0 Å². The molecule has 0 saturated heterocycles. The highest BCUT2D eigenvalue weighted by atomic mass is 16.6. The first kappa shape index (κ1) is 16.4. The van der Waals surface area contributed by atoms with Crippen LogP contribution in [0.5, 0.6) is 0 Å². The molecule has 0 aliphatic rings. The third-order valence-corrected chi connectivity index (χ3v) is 2.99. The molecule has 0 N–H and O–H groups in total. The Balaban J connectivity index is 1.83. The van der Waals surface area contributed by atoms with Crippen LogP contribution in [0.2, 0.25) is 0 Å². The molecule has 0 radical (unpaired) electrons. The maximum atomic E-state index is 11.9. The molecule has 0 aromatic heterocycles. The number of Topliss-reactive ketones (excluding diaryl/α,β-unsaturated/α-hetero) is 1. The van der Waals surface area contributed by atoms with Crippen molar-refractivity contribution in [2.45, 2.75) is 13.0 Å². The zero-order chi connectivity index (χ0) is 16.7. The Morgan fingerprint density at radius 3 is 1.96 bits per heavy atom. The molecule has 0 aliphatic carbocycles. The van der Waals surface area contributed by atoms with Crippen LogP contribution in [0, 0.1) is 0 Å². The largest absolute Gasteiger partial charge is 0.458 e. The fourth-order valence-electron chi connectivity index (χ4n) is 1.83. The third-order valence-electron chi connectivity index (χ3n) is 2.99. The van der Waals surface area contributed by atoms with E-state index < -0.39 is 23.8 Å². The fourth-order valence-corrected chi connectivity index (χ4v) is 1.83. The molecule has 1 atom stereocenters. The molecular formula is C18H16O5. The van der Waals surface area contributed by atoms with Crippen molar-refractivity contribution in [3.8, 4) is 0 Å². The number of hydrogen-bond acceptors (Lipinski definition) is 5. The van der Waals surface area contributed by atoms with E-state index in [1.54, 1.807) is 55.5 Å². The Kier molecular flexibility index (Phi) is 5.63. The lowest BCUT2D eigenvalue weighted by Gasteiger charge is -2.13. The van der Waals surface area contributed by atoms with Gasteiger partial charge in [-0.3, -0.25) is 4.79 Å². The average Bonchev–Trinajstić information content (AvgIpc) is 2.60. The predicted octanol–water partition coefficient (Wildman–Crippen LogP) is 2.66. The third kappa shape index (κ3) is 4.78. The molecule has 2 rings (SSSR count). The predicted molar refractivity (Wildman–Crippen MR) is 83.1 cm³/mol. The quantitative estimate of drug-likeness (QED) is 0.466. The van der Waals surface area contributed by atoms with Crippen LogP contribution >= 0.6 is 0 Å². The van der Waals surface area contributed by atoms with Gasteiger partial charge in [0.15, 0.2) is 0 Å². The fraction of sp³-hybridized carbons (Fsp3) is 0.167. The highest BCUT2D eigenvalue weighted by Crippen LogP contribution is 2.05. The van der Waals surface area contributed by atoms with Gasteiger partial charge in [-0.1, -0.05) is 48.5 Å². The second kappa shape index (κ2) is 7.89. The van der Waals surface area contributed by atoms with Crippen molar-refractivity contribution < 1.29 is 23.9 Å². The normalized spacial score (nSPS) is 11.3. The van der Waals surface area contributed by atoms with E-state index in [0.29, 0.717) is 5.56 Å². The van der Waals surface area contributed by atoms with Crippen molar-refractivity contribution in [2.24, 2.45) is 0 Å². The summed E-state index contributed by atoms with van der Waals surface area (Å²) in [6.07, 6.45) is -0.720. The summed E-state index contributed by atoms with van der Waals surface area (Å²) in [7, 11) is 0. The van der Waals surface area contributed by atoms with Gasteiger partial charge in [0, 0.05) is 5.56 Å². The van der Waals surface area contributed by atoms with Gasteiger partial charge in [0.1, 0.15) is 12.7 Å². The number of rotatable bonds is 6. The maximum absolute atomic E-state index is 11.9. The summed E-state index contributed by atoms with van der Waals surface area (Å²) in [5, 5.41) is 0. The summed E-state index contributed by atoms with van der Waals surface area (Å²) in [6.45, 7) is 1.43. The minimum atomic E-state index is -0.973. The summed E-state index contributed by atoms with van der Waals surface area (Å²) in [5.74, 6) is -2.21. The molecule has 0 saturated carbocycles. The van der Waals surface area contributed by atoms with Crippen molar-refractivity contribution in [3.63, 3.8) is 0 Å². The van der Waals surface area contributed by atoms with Crippen molar-refractivity contribution in [2.75, 3.05) is 6.61 Å². The van der Waals surface area contributed by atoms with Crippen LogP contribution < -0.4 is 0 Å². The number of carbonyl (C=O) groups excluding carboxylic acids is 3. The Morgan fingerprint density at radius 1 is 0.870 bits per heavy atom. The van der Waals surface area contributed by atoms with Crippen LogP contribution in [0.1, 0.15) is 27.6 Å². The van der Waals surface area contributed by atoms with Gasteiger partial charge in [-0.15, -0.1) is 0 Å². The zero-order valence-corrected chi connectivity index (χ0v) is 12.6. The number of carbonyl (C=O) groups is 3. The van der Waals surface area contributed by atoms with E-state index in [-0.39, 0.29) is 12.2 Å². The minimum Gasteiger partial charge on any atom is -0.458 e. The van der Waals surface area contributed by atoms with E-state index in [4.69, 9.17) is 9.47 Å². The SMILES string of the molecule is CC(COC(=O)c1ccccc1)OC(=O)C(=O)c1ccccc1. The monoisotopic (exact) mass is 312 g/mol. The highest BCUT2D eigenvalue weighted by Gasteiger charge is 2.21. The molecule has 0 bridgehead atoms. The lowest BCUT2D eigenvalue weighted by atomic mass is 10.1. The molecule has 1 unspecified atom stereocenters. The summed E-state index contributed by atoms with van der Waals surface area (Å²) in [5.41, 5.74) is 0.664. The van der Waals surface area contributed by atoms with Gasteiger partial charge in [0.05, 0.1) is 5.56 Å². The molecule has 5 heteroatoms. The number of hydrogen-bond donors (Lipinski definition) is 0. The summed E-state index contributed by atoms with van der Waals surface area (Å²) < 4.78 is 10.0. The van der Waals surface area contributed by atoms with Crippen LogP contribution in [-0.4, -0.2) is 30.4 Å². The molecule has 23 heavy (non-hydrogen) atoms. The van der Waals surface area contributed by atoms with Gasteiger partial charge in [0.25, 0.3) is 5.78 Å². The Morgan fingerprint density at radius 2 is 1.39 bits per heavy atom. The second-order valence-electron chi connectivity index (χ2n) is 4.88. The molecule has 0 fully saturated rings. The summed E-state index contributed by atoms with van der Waals surface area (Å²) >= 11 is 0. The van der Waals surface area contributed by atoms with E-state index >= 15 is 0 Å². The van der Waals surface area contributed by atoms with Gasteiger partial charge in [-0.2, -0.15) is 0 Å². The van der Waals surface area contributed by atoms with Crippen LogP contribution in [0.4, 0.5) is 0 Å². The molecule has 0 amide bonds. The first-order chi connectivity index (χ1) is 11.1. The van der Waals surface area contributed by atoms with Gasteiger partial charge in [-0.05, 0) is 19.1 Å². The number of benzene rings is 2. The molecule has 2 aromatic carbocycles. The topological polar surface area (TPSA) is 69.7 Å². The molecule has 0 aliphatic heterocycles. The zero-order valence-electron chi connectivity index (χ0n) is 12.6. The minimum absolute atomic E-state index is 0.123. The van der Waals surface area contributed by atoms with Gasteiger partial charge in [0.2, 0.25) is 0 Å². The van der Waals surface area contributed by atoms with E-state index in [1.807, 2.05) is 0 Å². The standard InChI is InChI=1S/C18H16O5/c1-13(12-22-17(20)15-10-6-3-7-11-15)23-18(21)16(19)14-8-4-2-5-9-14/h2-11,13H,12H2,1H3. The van der Waals surface area contributed by atoms with Crippen molar-refractivity contribution >= 4 is 17.7 Å². The Bertz CT molecular complexity index is 679. The lowest BCUT2D eigenvalue weighted by Crippen LogP contribution is -2.27. The molecule has 2 aromatic rings. The van der Waals surface area contributed by atoms with Gasteiger partial charge in [-0.25, -0.2) is 9.59 Å². The highest BCUT2D eigenvalue weighted by molar-refractivity contribution is 6.40. The summed E-state index contributed by atoms with van der Waals surface area (Å²) in [4.78, 5) is 35.4. The smallest absolute Gasteiger partial charge is 0.380 e. The number of esters is 2. The number of ketones is 1. The molecule has 0 heterocycles. The van der Waals surface area contributed by atoms with E-state index in [1.165, 1.54) is 12.1 Å². The van der Waals surface area contributed by atoms with E-state index in [9.17, 15) is 14.4 Å². The molecule has 5 nitrogen and oxygen atoms in total. The molecular weight excluding hydrogens is 296 g/mol. The average molecular weight is 312 g/mol. The van der Waals surface area contributed by atoms with Crippen LogP contribution in [-0.2, 0) is 14.3 Å². The van der Waals surface area contributed by atoms with Crippen LogP contribution in [0.15, 0.2) is 60.7 Å². The Hall–Kier alpha value is -2.95. The summed E-state index contributed by atoms with van der Waals surface area (Å²) in [6, 6.07) is 16.6. The van der Waals surface area contributed by atoms with E-state index in [2.05, 4.69) is 0 Å². The van der Waals surface area contributed by atoms with Crippen molar-refractivity contribution in [1.82, 2.24) is 0 Å². The van der Waals surface area contributed by atoms with E-state index in [0.717, 1.165) is 0 Å². The van der Waals surface area contributed by atoms with Crippen LogP contribution in [0.25, 0.3) is 0 Å². The van der Waals surface area contributed by atoms with Crippen LogP contribution in [0.3, 0.4) is 0 Å². The lowest BCUT2D eigenvalue weighted by molar-refractivity contribution is -0.144. The first-order valence-corrected chi connectivity index (χ1v) is 7.10. The Labute approximate surface area is 133 Å². The maximum Gasteiger partial charge on any atom is 0.380 e. The number of ether oxygens (including phenoxy) is 2. The second-order valence-corrected chi connectivity index (χ2v) is 4.88. The molecule has 118 valence electrons. The van der Waals surface area contributed by atoms with Gasteiger partial charge < -0.3 is 9.47 Å². The van der Waals surface area contributed by atoms with Crippen molar-refractivity contribution in [3.05, 3.63) is 71.8 Å². The van der Waals surface area contributed by atoms with Gasteiger partial charge >= 0.3 is 11.9 Å².